The van der Waals surface area contributed by atoms with Crippen LogP contribution in [0, 0.1) is 0 Å². The Labute approximate surface area is 94.3 Å². The molecule has 0 spiro atoms. The molecule has 0 atom stereocenters. The lowest BCUT2D eigenvalue weighted by molar-refractivity contribution is 0.426. The van der Waals surface area contributed by atoms with Crippen LogP contribution in [0.4, 0.5) is 5.69 Å². The molecule has 4 heteroatoms. The highest BCUT2D eigenvalue weighted by Crippen LogP contribution is 2.18. The van der Waals surface area contributed by atoms with Crippen LogP contribution < -0.4 is 11.2 Å². The minimum atomic E-state index is -1.54. The fourth-order valence-electron chi connectivity index (χ4n) is 1.61. The SMILES string of the molecule is Nc1ccc(-c2ccccc2)cc1B(O)O. The van der Waals surface area contributed by atoms with Gasteiger partial charge in [-0.25, -0.2) is 0 Å². The van der Waals surface area contributed by atoms with Gasteiger partial charge in [-0.3, -0.25) is 0 Å². The van der Waals surface area contributed by atoms with Gasteiger partial charge >= 0.3 is 7.12 Å². The number of nitrogens with two attached hydrogens (primary N) is 1. The lowest BCUT2D eigenvalue weighted by Crippen LogP contribution is -2.32. The minimum absolute atomic E-state index is 0.335. The molecular weight excluding hydrogens is 201 g/mol. The Morgan fingerprint density at radius 1 is 0.875 bits per heavy atom. The van der Waals surface area contributed by atoms with Crippen LogP contribution in [-0.4, -0.2) is 17.2 Å². The molecule has 0 aliphatic carbocycles. The third kappa shape index (κ3) is 2.08. The fourth-order valence-corrected chi connectivity index (χ4v) is 1.61. The van der Waals surface area contributed by atoms with E-state index in [-0.39, 0.29) is 0 Å². The molecule has 2 aromatic carbocycles. The van der Waals surface area contributed by atoms with Crippen molar-refractivity contribution in [3.63, 3.8) is 0 Å². The van der Waals surface area contributed by atoms with Gasteiger partial charge in [0.25, 0.3) is 0 Å². The zero-order valence-electron chi connectivity index (χ0n) is 8.67. The molecule has 2 aromatic rings. The summed E-state index contributed by atoms with van der Waals surface area (Å²) >= 11 is 0. The standard InChI is InChI=1S/C12H12BNO2/c14-12-7-6-10(8-11(12)13(15)16)9-4-2-1-3-5-9/h1-8,15-16H,14H2. The molecule has 80 valence electrons. The van der Waals surface area contributed by atoms with Crippen molar-refractivity contribution in [1.29, 1.82) is 0 Å². The Balaban J connectivity index is 2.48. The van der Waals surface area contributed by atoms with Gasteiger partial charge in [0.2, 0.25) is 0 Å². The van der Waals surface area contributed by atoms with Gasteiger partial charge in [0.05, 0.1) is 0 Å². The van der Waals surface area contributed by atoms with Crippen molar-refractivity contribution >= 4 is 18.3 Å². The largest absolute Gasteiger partial charge is 0.490 e. The minimum Gasteiger partial charge on any atom is -0.423 e. The first-order valence-electron chi connectivity index (χ1n) is 4.99. The Hall–Kier alpha value is -1.78. The van der Waals surface area contributed by atoms with Crippen LogP contribution in [0.25, 0.3) is 11.1 Å². The Morgan fingerprint density at radius 3 is 2.19 bits per heavy atom. The third-order valence-electron chi connectivity index (χ3n) is 2.47. The van der Waals surface area contributed by atoms with Crippen LogP contribution in [0.1, 0.15) is 0 Å². The van der Waals surface area contributed by atoms with E-state index >= 15 is 0 Å². The second-order valence-corrected chi connectivity index (χ2v) is 3.58. The quantitative estimate of drug-likeness (QED) is 0.505. The Morgan fingerprint density at radius 2 is 1.56 bits per heavy atom. The van der Waals surface area contributed by atoms with Gasteiger partial charge in [-0.2, -0.15) is 0 Å². The Bertz CT molecular complexity index is 486. The first-order chi connectivity index (χ1) is 7.68. The van der Waals surface area contributed by atoms with Gasteiger partial charge in [0, 0.05) is 11.2 Å². The van der Waals surface area contributed by atoms with Crippen molar-refractivity contribution in [3.05, 3.63) is 48.5 Å². The molecule has 0 saturated heterocycles. The number of benzene rings is 2. The molecule has 0 saturated carbocycles. The maximum absolute atomic E-state index is 9.15. The lowest BCUT2D eigenvalue weighted by Gasteiger charge is -2.07. The van der Waals surface area contributed by atoms with Gasteiger partial charge in [0.15, 0.2) is 0 Å². The summed E-state index contributed by atoms with van der Waals surface area (Å²) in [6.45, 7) is 0. The maximum atomic E-state index is 9.15. The monoisotopic (exact) mass is 213 g/mol. The molecule has 2 rings (SSSR count). The summed E-state index contributed by atoms with van der Waals surface area (Å²) in [5, 5.41) is 18.3. The van der Waals surface area contributed by atoms with Crippen LogP contribution in [0.3, 0.4) is 0 Å². The van der Waals surface area contributed by atoms with Gasteiger partial charge in [-0.05, 0) is 17.2 Å². The van der Waals surface area contributed by atoms with Gasteiger partial charge < -0.3 is 15.8 Å². The van der Waals surface area contributed by atoms with Crippen molar-refractivity contribution in [3.8, 4) is 11.1 Å². The lowest BCUT2D eigenvalue weighted by atomic mass is 9.78. The highest BCUT2D eigenvalue weighted by molar-refractivity contribution is 6.60. The van der Waals surface area contributed by atoms with E-state index in [1.807, 2.05) is 36.4 Å². The van der Waals surface area contributed by atoms with E-state index in [0.717, 1.165) is 11.1 Å². The molecule has 0 aliphatic rings. The molecule has 3 nitrogen and oxygen atoms in total. The molecule has 0 bridgehead atoms. The van der Waals surface area contributed by atoms with Gasteiger partial charge in [-0.15, -0.1) is 0 Å². The van der Waals surface area contributed by atoms with E-state index < -0.39 is 7.12 Å². The summed E-state index contributed by atoms with van der Waals surface area (Å²) in [6.07, 6.45) is 0. The normalized spacial score (nSPS) is 10.1. The van der Waals surface area contributed by atoms with Crippen molar-refractivity contribution in [2.45, 2.75) is 0 Å². The molecule has 0 aliphatic heterocycles. The van der Waals surface area contributed by atoms with E-state index in [9.17, 15) is 0 Å². The Kier molecular flexibility index (Phi) is 2.94. The molecule has 0 heterocycles. The summed E-state index contributed by atoms with van der Waals surface area (Å²) < 4.78 is 0. The summed E-state index contributed by atoms with van der Waals surface area (Å²) in [6, 6.07) is 14.9. The van der Waals surface area contributed by atoms with Crippen molar-refractivity contribution in [2.75, 3.05) is 5.73 Å². The van der Waals surface area contributed by atoms with Gasteiger partial charge in [0.1, 0.15) is 0 Å². The average Bonchev–Trinajstić information content (AvgIpc) is 2.30. The highest BCUT2D eigenvalue weighted by atomic mass is 16.4. The molecular formula is C12H12BNO2. The van der Waals surface area contributed by atoms with Gasteiger partial charge in [-0.1, -0.05) is 42.5 Å². The van der Waals surface area contributed by atoms with Crippen LogP contribution >= 0.6 is 0 Å². The zero-order valence-corrected chi connectivity index (χ0v) is 8.67. The molecule has 0 aromatic heterocycles. The van der Waals surface area contributed by atoms with Crippen molar-refractivity contribution in [1.82, 2.24) is 0 Å². The fraction of sp³-hybridized carbons (Fsp3) is 0. The van der Waals surface area contributed by atoms with Crippen molar-refractivity contribution in [2.24, 2.45) is 0 Å². The first-order valence-corrected chi connectivity index (χ1v) is 4.99. The molecule has 0 radical (unpaired) electrons. The second-order valence-electron chi connectivity index (χ2n) is 3.58. The predicted molar refractivity (Wildman–Crippen MR) is 66.1 cm³/mol. The number of hydrogen-bond acceptors (Lipinski definition) is 3. The van der Waals surface area contributed by atoms with E-state index in [4.69, 9.17) is 15.8 Å². The molecule has 0 fully saturated rings. The third-order valence-corrected chi connectivity index (χ3v) is 2.47. The topological polar surface area (TPSA) is 66.5 Å². The van der Waals surface area contributed by atoms with Crippen LogP contribution in [0.2, 0.25) is 0 Å². The predicted octanol–water partition coefficient (Wildman–Crippen LogP) is 0.616. The summed E-state index contributed by atoms with van der Waals surface area (Å²) in [5.74, 6) is 0. The molecule has 16 heavy (non-hydrogen) atoms. The van der Waals surface area contributed by atoms with Crippen LogP contribution in [0.5, 0.6) is 0 Å². The highest BCUT2D eigenvalue weighted by Gasteiger charge is 2.15. The van der Waals surface area contributed by atoms with Crippen LogP contribution in [-0.2, 0) is 0 Å². The summed E-state index contributed by atoms with van der Waals surface area (Å²) in [5.41, 5.74) is 8.30. The molecule has 0 amide bonds. The zero-order chi connectivity index (χ0) is 11.5. The maximum Gasteiger partial charge on any atom is 0.490 e. The first kappa shape index (κ1) is 10.7. The number of rotatable bonds is 2. The molecule has 0 unspecified atom stereocenters. The summed E-state index contributed by atoms with van der Waals surface area (Å²) in [7, 11) is -1.54. The van der Waals surface area contributed by atoms with Crippen molar-refractivity contribution < 1.29 is 10.0 Å². The smallest absolute Gasteiger partial charge is 0.423 e. The van der Waals surface area contributed by atoms with E-state index in [1.165, 1.54) is 0 Å². The van der Waals surface area contributed by atoms with Crippen LogP contribution in [0.15, 0.2) is 48.5 Å². The molecule has 4 N–H and O–H groups in total. The van der Waals surface area contributed by atoms with E-state index in [0.29, 0.717) is 11.2 Å². The van der Waals surface area contributed by atoms with E-state index in [2.05, 4.69) is 0 Å². The number of hydrogen-bond donors (Lipinski definition) is 3. The number of anilines is 1. The number of nitrogen functional groups attached to an aromatic ring is 1. The second kappa shape index (κ2) is 4.39. The average molecular weight is 213 g/mol. The van der Waals surface area contributed by atoms with E-state index in [1.54, 1.807) is 12.1 Å². The summed E-state index contributed by atoms with van der Waals surface area (Å²) in [4.78, 5) is 0.